The number of hydrogen-bond donors (Lipinski definition) is 7. The number of rotatable bonds is 15. The molecular weight excluding hydrogens is 438 g/mol. The minimum atomic E-state index is -1.16. The van der Waals surface area contributed by atoms with Gasteiger partial charge in [0.25, 0.3) is 0 Å². The van der Waals surface area contributed by atoms with E-state index >= 15 is 0 Å². The van der Waals surface area contributed by atoms with Gasteiger partial charge >= 0.3 is 5.97 Å². The molecular formula is C19H37N7O5S. The van der Waals surface area contributed by atoms with E-state index in [2.05, 4.69) is 20.9 Å². The first-order valence-electron chi connectivity index (χ1n) is 10.3. The summed E-state index contributed by atoms with van der Waals surface area (Å²) in [6.07, 6.45) is 2.58. The van der Waals surface area contributed by atoms with Crippen molar-refractivity contribution in [1.82, 2.24) is 16.0 Å². The average Bonchev–Trinajstić information content (AvgIpc) is 2.69. The summed E-state index contributed by atoms with van der Waals surface area (Å²) in [5, 5.41) is 17.0. The van der Waals surface area contributed by atoms with Crippen LogP contribution >= 0.6 is 11.8 Å². The lowest BCUT2D eigenvalue weighted by Crippen LogP contribution is -2.58. The van der Waals surface area contributed by atoms with Gasteiger partial charge in [0.1, 0.15) is 18.1 Å². The third-order valence-corrected chi connectivity index (χ3v) is 5.11. The molecule has 0 aliphatic rings. The maximum atomic E-state index is 12.9. The van der Waals surface area contributed by atoms with Crippen molar-refractivity contribution in [3.05, 3.63) is 0 Å². The van der Waals surface area contributed by atoms with Crippen LogP contribution in [0.15, 0.2) is 4.99 Å². The number of carbonyl (C=O) groups excluding carboxylic acids is 3. The molecule has 0 aliphatic carbocycles. The number of aliphatic imine (C=N–C) groups is 1. The molecule has 0 aromatic heterocycles. The quantitative estimate of drug-likeness (QED) is 0.0817. The Kier molecular flexibility index (Phi) is 14.1. The van der Waals surface area contributed by atoms with Crippen molar-refractivity contribution in [3.8, 4) is 0 Å². The molecule has 13 heteroatoms. The number of nitrogens with one attached hydrogen (secondary N) is 3. The molecule has 0 rings (SSSR count). The van der Waals surface area contributed by atoms with Crippen molar-refractivity contribution in [2.24, 2.45) is 28.1 Å². The van der Waals surface area contributed by atoms with Crippen molar-refractivity contribution in [1.29, 1.82) is 0 Å². The first-order chi connectivity index (χ1) is 14.9. The fraction of sp³-hybridized carbons (Fsp3) is 0.737. The molecule has 184 valence electrons. The highest BCUT2D eigenvalue weighted by atomic mass is 32.2. The van der Waals surface area contributed by atoms with Crippen LogP contribution in [0, 0.1) is 5.92 Å². The van der Waals surface area contributed by atoms with Crippen LogP contribution in [-0.2, 0) is 19.2 Å². The topological polar surface area (TPSA) is 215 Å². The molecule has 0 saturated heterocycles. The highest BCUT2D eigenvalue weighted by Crippen LogP contribution is 2.07. The summed E-state index contributed by atoms with van der Waals surface area (Å²) in [7, 11) is 0. The molecule has 0 aromatic carbocycles. The number of carboxylic acids is 1. The van der Waals surface area contributed by atoms with E-state index in [4.69, 9.17) is 17.2 Å². The predicted molar refractivity (Wildman–Crippen MR) is 125 cm³/mol. The lowest BCUT2D eigenvalue weighted by Gasteiger charge is -2.26. The van der Waals surface area contributed by atoms with Gasteiger partial charge in [0.15, 0.2) is 5.96 Å². The molecule has 12 nitrogen and oxygen atoms in total. The molecule has 0 saturated carbocycles. The average molecular weight is 476 g/mol. The van der Waals surface area contributed by atoms with Crippen LogP contribution in [0.3, 0.4) is 0 Å². The summed E-state index contributed by atoms with van der Waals surface area (Å²) < 4.78 is 0. The summed E-state index contributed by atoms with van der Waals surface area (Å²) in [5.74, 6) is -2.73. The zero-order valence-corrected chi connectivity index (χ0v) is 19.9. The van der Waals surface area contributed by atoms with E-state index in [9.17, 15) is 24.3 Å². The second kappa shape index (κ2) is 15.3. The number of hydrogen-bond acceptors (Lipinski definition) is 7. The van der Waals surface area contributed by atoms with E-state index in [1.165, 1.54) is 18.7 Å². The zero-order valence-electron chi connectivity index (χ0n) is 19.1. The SMILES string of the molecule is CSCCC(NC(=O)C(CCCN=C(N)N)NC(=O)C(NC(=O)C(C)N)C(C)C)C(=O)O. The van der Waals surface area contributed by atoms with Gasteiger partial charge in [-0.15, -0.1) is 0 Å². The summed E-state index contributed by atoms with van der Waals surface area (Å²) in [5.41, 5.74) is 16.2. The van der Waals surface area contributed by atoms with E-state index in [1.54, 1.807) is 13.8 Å². The van der Waals surface area contributed by atoms with Gasteiger partial charge in [-0.3, -0.25) is 19.4 Å². The molecule has 0 aromatic rings. The van der Waals surface area contributed by atoms with Crippen LogP contribution in [0.4, 0.5) is 0 Å². The Labute approximate surface area is 192 Å². The first kappa shape index (κ1) is 29.5. The fourth-order valence-corrected chi connectivity index (χ4v) is 3.09. The van der Waals surface area contributed by atoms with E-state index < -0.39 is 47.9 Å². The number of thioether (sulfide) groups is 1. The molecule has 0 aliphatic heterocycles. The number of carbonyl (C=O) groups is 4. The van der Waals surface area contributed by atoms with Crippen LogP contribution in [0.25, 0.3) is 0 Å². The summed E-state index contributed by atoms with van der Waals surface area (Å²) in [6, 6.07) is -3.87. The van der Waals surface area contributed by atoms with E-state index in [0.717, 1.165) is 0 Å². The lowest BCUT2D eigenvalue weighted by atomic mass is 10.0. The highest BCUT2D eigenvalue weighted by molar-refractivity contribution is 7.98. The van der Waals surface area contributed by atoms with Crippen molar-refractivity contribution in [3.63, 3.8) is 0 Å². The van der Waals surface area contributed by atoms with Gasteiger partial charge in [-0.1, -0.05) is 13.8 Å². The summed E-state index contributed by atoms with van der Waals surface area (Å²) in [6.45, 7) is 5.20. The van der Waals surface area contributed by atoms with Gasteiger partial charge in [0.2, 0.25) is 17.7 Å². The van der Waals surface area contributed by atoms with Gasteiger partial charge in [0, 0.05) is 6.54 Å². The van der Waals surface area contributed by atoms with E-state index in [1.807, 2.05) is 6.26 Å². The largest absolute Gasteiger partial charge is 0.480 e. The number of aliphatic carboxylic acids is 1. The normalized spacial score (nSPS) is 14.6. The van der Waals surface area contributed by atoms with Gasteiger partial charge in [-0.25, -0.2) is 4.79 Å². The lowest BCUT2D eigenvalue weighted by molar-refractivity contribution is -0.142. The van der Waals surface area contributed by atoms with Crippen LogP contribution < -0.4 is 33.2 Å². The number of guanidine groups is 1. The van der Waals surface area contributed by atoms with Crippen molar-refractivity contribution >= 4 is 41.4 Å². The first-order valence-corrected chi connectivity index (χ1v) is 11.7. The fourth-order valence-electron chi connectivity index (χ4n) is 2.62. The summed E-state index contributed by atoms with van der Waals surface area (Å²) >= 11 is 1.45. The summed E-state index contributed by atoms with van der Waals surface area (Å²) in [4.78, 5) is 53.0. The number of nitrogens with two attached hydrogens (primary N) is 3. The Hall–Kier alpha value is -2.54. The third-order valence-electron chi connectivity index (χ3n) is 4.46. The number of amides is 3. The second-order valence-corrected chi connectivity index (χ2v) is 8.70. The molecule has 0 fully saturated rings. The van der Waals surface area contributed by atoms with Crippen molar-refractivity contribution in [2.75, 3.05) is 18.6 Å². The molecule has 4 unspecified atom stereocenters. The van der Waals surface area contributed by atoms with Gasteiger partial charge in [0.05, 0.1) is 6.04 Å². The van der Waals surface area contributed by atoms with Crippen molar-refractivity contribution < 1.29 is 24.3 Å². The molecule has 3 amide bonds. The predicted octanol–water partition coefficient (Wildman–Crippen LogP) is -1.66. The smallest absolute Gasteiger partial charge is 0.326 e. The molecule has 4 atom stereocenters. The Morgan fingerprint density at radius 2 is 1.53 bits per heavy atom. The molecule has 0 heterocycles. The monoisotopic (exact) mass is 475 g/mol. The van der Waals surface area contributed by atoms with Crippen LogP contribution in [0.1, 0.15) is 40.0 Å². The Bertz CT molecular complexity index is 668. The third kappa shape index (κ3) is 11.7. The molecule has 0 bridgehead atoms. The van der Waals surface area contributed by atoms with Crippen molar-refractivity contribution in [2.45, 2.75) is 64.2 Å². The Morgan fingerprint density at radius 1 is 0.938 bits per heavy atom. The van der Waals surface area contributed by atoms with Gasteiger partial charge < -0.3 is 38.3 Å². The highest BCUT2D eigenvalue weighted by Gasteiger charge is 2.31. The zero-order chi connectivity index (χ0) is 24.8. The Morgan fingerprint density at radius 3 is 2.00 bits per heavy atom. The number of carboxylic acid groups (broad SMARTS) is 1. The second-order valence-electron chi connectivity index (χ2n) is 7.71. The van der Waals surface area contributed by atoms with Crippen LogP contribution in [-0.4, -0.2) is 77.5 Å². The van der Waals surface area contributed by atoms with E-state index in [0.29, 0.717) is 12.2 Å². The van der Waals surface area contributed by atoms with Gasteiger partial charge in [-0.05, 0) is 44.1 Å². The maximum absolute atomic E-state index is 12.9. The van der Waals surface area contributed by atoms with Crippen LogP contribution in [0.5, 0.6) is 0 Å². The molecule has 0 radical (unpaired) electrons. The minimum absolute atomic E-state index is 0.100. The maximum Gasteiger partial charge on any atom is 0.326 e. The van der Waals surface area contributed by atoms with Crippen LogP contribution in [0.2, 0.25) is 0 Å². The number of nitrogens with zero attached hydrogens (tertiary/aromatic N) is 1. The molecule has 32 heavy (non-hydrogen) atoms. The minimum Gasteiger partial charge on any atom is -0.480 e. The molecule has 0 spiro atoms. The van der Waals surface area contributed by atoms with Gasteiger partial charge in [-0.2, -0.15) is 11.8 Å². The standard InChI is InChI=1S/C19H37N7O5S/c1-10(2)14(26-15(27)11(3)20)17(29)24-12(6-5-8-23-19(21)22)16(28)25-13(18(30)31)7-9-32-4/h10-14H,5-9,20H2,1-4H3,(H,24,29)(H,25,28)(H,26,27)(H,30,31)(H4,21,22,23). The molecule has 10 N–H and O–H groups in total. The Balaban J connectivity index is 5.45. The van der Waals surface area contributed by atoms with E-state index in [-0.39, 0.29) is 31.3 Å².